The molecular weight excluding hydrogens is 414 g/mol. The number of benzene rings is 2. The zero-order valence-corrected chi connectivity index (χ0v) is 18.5. The monoisotopic (exact) mass is 441 g/mol. The molecule has 32 heavy (non-hydrogen) atoms. The van der Waals surface area contributed by atoms with Gasteiger partial charge in [0, 0.05) is 23.4 Å². The maximum Gasteiger partial charge on any atom is 0.329 e. The molecule has 0 fully saturated rings. The number of ether oxygens (including phenoxy) is 1. The first-order chi connectivity index (χ1) is 15.1. The summed E-state index contributed by atoms with van der Waals surface area (Å²) >= 11 is 0. The molecule has 2 N–H and O–H groups in total. The van der Waals surface area contributed by atoms with Gasteiger partial charge in [-0.15, -0.1) is 0 Å². The first-order valence-corrected chi connectivity index (χ1v) is 10.3. The van der Waals surface area contributed by atoms with Crippen molar-refractivity contribution in [3.8, 4) is 0 Å². The lowest BCUT2D eigenvalue weighted by Crippen LogP contribution is -2.42. The van der Waals surface area contributed by atoms with E-state index in [-0.39, 0.29) is 17.2 Å². The van der Waals surface area contributed by atoms with Gasteiger partial charge in [-0.3, -0.25) is 19.7 Å². The first-order valence-electron chi connectivity index (χ1n) is 10.3. The summed E-state index contributed by atoms with van der Waals surface area (Å²) in [5.41, 5.74) is 1.43. The number of nitro groups is 1. The fourth-order valence-electron chi connectivity index (χ4n) is 2.92. The van der Waals surface area contributed by atoms with E-state index in [9.17, 15) is 24.5 Å². The van der Waals surface area contributed by atoms with E-state index in [1.54, 1.807) is 6.07 Å². The van der Waals surface area contributed by atoms with Gasteiger partial charge in [0.1, 0.15) is 6.04 Å². The van der Waals surface area contributed by atoms with Crippen molar-refractivity contribution >= 4 is 29.2 Å². The summed E-state index contributed by atoms with van der Waals surface area (Å²) in [6.07, 6.45) is -0.191. The number of nitrogens with one attached hydrogen (secondary N) is 2. The second-order valence-corrected chi connectivity index (χ2v) is 7.47. The Morgan fingerprint density at radius 3 is 2.41 bits per heavy atom. The van der Waals surface area contributed by atoms with Crippen LogP contribution in [0.2, 0.25) is 0 Å². The molecule has 0 radical (unpaired) electrons. The molecule has 3 unspecified atom stereocenters. The second-order valence-electron chi connectivity index (χ2n) is 7.47. The number of rotatable bonds is 9. The normalized spacial score (nSPS) is 13.4. The summed E-state index contributed by atoms with van der Waals surface area (Å²) in [5.74, 6) is -1.72. The predicted octanol–water partition coefficient (Wildman–Crippen LogP) is 3.80. The Kier molecular flexibility index (Phi) is 8.46. The van der Waals surface area contributed by atoms with Crippen LogP contribution < -0.4 is 10.6 Å². The molecule has 0 aliphatic rings. The van der Waals surface area contributed by atoms with E-state index in [0.29, 0.717) is 5.69 Å². The van der Waals surface area contributed by atoms with Crippen molar-refractivity contribution in [1.29, 1.82) is 0 Å². The zero-order chi connectivity index (χ0) is 23.8. The largest absolute Gasteiger partial charge is 0.451 e. The number of esters is 1. The minimum Gasteiger partial charge on any atom is -0.451 e. The molecule has 9 heteroatoms. The Labute approximate surface area is 186 Å². The smallest absolute Gasteiger partial charge is 0.329 e. The lowest BCUT2D eigenvalue weighted by Gasteiger charge is -2.19. The second kappa shape index (κ2) is 11.0. The maximum atomic E-state index is 12.5. The van der Waals surface area contributed by atoms with Gasteiger partial charge in [0.25, 0.3) is 17.5 Å². The van der Waals surface area contributed by atoms with Gasteiger partial charge in [-0.05, 0) is 43.9 Å². The van der Waals surface area contributed by atoms with Crippen molar-refractivity contribution in [3.05, 3.63) is 69.8 Å². The third-order valence-corrected chi connectivity index (χ3v) is 5.04. The van der Waals surface area contributed by atoms with Gasteiger partial charge in [0.05, 0.1) is 4.92 Å². The van der Waals surface area contributed by atoms with Gasteiger partial charge in [0.15, 0.2) is 6.10 Å². The van der Waals surface area contributed by atoms with Crippen LogP contribution in [0.1, 0.15) is 56.0 Å². The molecule has 0 saturated heterocycles. The highest BCUT2D eigenvalue weighted by Crippen LogP contribution is 2.26. The third-order valence-electron chi connectivity index (χ3n) is 5.04. The van der Waals surface area contributed by atoms with Gasteiger partial charge in [0.2, 0.25) is 0 Å². The topological polar surface area (TPSA) is 128 Å². The molecule has 0 spiro atoms. The SMILES string of the molecule is CCC(C)c1ccccc1NC(=O)C(C)OC(=O)C(C)NC(=O)c1cccc([N+](=O)[O-])c1. The van der Waals surface area contributed by atoms with Crippen LogP contribution in [0.3, 0.4) is 0 Å². The van der Waals surface area contributed by atoms with Gasteiger partial charge in [-0.25, -0.2) is 4.79 Å². The fraction of sp³-hybridized carbons (Fsp3) is 0.348. The standard InChI is InChI=1S/C23H27N3O6/c1-5-14(2)19-11-6-7-12-20(19)25-21(27)16(4)32-23(29)15(3)24-22(28)17-9-8-10-18(13-17)26(30)31/h6-16H,5H2,1-4H3,(H,24,28)(H,25,27). The van der Waals surface area contributed by atoms with Crippen LogP contribution in [-0.4, -0.2) is 34.9 Å². The van der Waals surface area contributed by atoms with Crippen LogP contribution >= 0.6 is 0 Å². The molecule has 0 aliphatic heterocycles. The summed E-state index contributed by atoms with van der Waals surface area (Å²) < 4.78 is 5.20. The number of non-ortho nitro benzene ring substituents is 1. The van der Waals surface area contributed by atoms with E-state index < -0.39 is 34.9 Å². The Morgan fingerprint density at radius 1 is 1.06 bits per heavy atom. The Hall–Kier alpha value is -3.75. The molecule has 2 rings (SSSR count). The van der Waals surface area contributed by atoms with Gasteiger partial charge in [-0.2, -0.15) is 0 Å². The molecule has 3 atom stereocenters. The van der Waals surface area contributed by atoms with E-state index in [0.717, 1.165) is 18.1 Å². The molecule has 2 amide bonds. The summed E-state index contributed by atoms with van der Waals surface area (Å²) in [4.78, 5) is 47.4. The van der Waals surface area contributed by atoms with Crippen LogP contribution in [0.5, 0.6) is 0 Å². The molecule has 0 saturated carbocycles. The molecule has 2 aromatic rings. The Morgan fingerprint density at radius 2 is 1.75 bits per heavy atom. The summed E-state index contributed by atoms with van der Waals surface area (Å²) in [6.45, 7) is 6.95. The van der Waals surface area contributed by atoms with Gasteiger partial charge in [-0.1, -0.05) is 38.1 Å². The molecule has 170 valence electrons. The lowest BCUT2D eigenvalue weighted by molar-refractivity contribution is -0.384. The third kappa shape index (κ3) is 6.37. The van der Waals surface area contributed by atoms with E-state index in [4.69, 9.17) is 4.74 Å². The number of carbonyl (C=O) groups excluding carboxylic acids is 3. The predicted molar refractivity (Wildman–Crippen MR) is 119 cm³/mol. The van der Waals surface area contributed by atoms with Gasteiger partial charge >= 0.3 is 5.97 Å². The van der Waals surface area contributed by atoms with Crippen molar-refractivity contribution < 1.29 is 24.0 Å². The van der Waals surface area contributed by atoms with E-state index in [2.05, 4.69) is 24.5 Å². The summed E-state index contributed by atoms with van der Waals surface area (Å²) in [5, 5.41) is 16.1. The van der Waals surface area contributed by atoms with Crippen molar-refractivity contribution in [2.45, 2.75) is 52.2 Å². The number of hydrogen-bond acceptors (Lipinski definition) is 6. The lowest BCUT2D eigenvalue weighted by atomic mass is 9.97. The van der Waals surface area contributed by atoms with Crippen molar-refractivity contribution in [1.82, 2.24) is 5.32 Å². The number of amides is 2. The van der Waals surface area contributed by atoms with Crippen LogP contribution in [0.4, 0.5) is 11.4 Å². The molecule has 2 aromatic carbocycles. The molecule has 9 nitrogen and oxygen atoms in total. The molecule has 0 bridgehead atoms. The average Bonchev–Trinajstić information content (AvgIpc) is 2.78. The first kappa shape index (κ1) is 24.5. The average molecular weight is 441 g/mol. The number of nitro benzene ring substituents is 1. The number of nitrogens with zero attached hydrogens (tertiary/aromatic N) is 1. The highest BCUT2D eigenvalue weighted by atomic mass is 16.6. The van der Waals surface area contributed by atoms with E-state index in [1.807, 2.05) is 18.2 Å². The highest BCUT2D eigenvalue weighted by Gasteiger charge is 2.24. The maximum absolute atomic E-state index is 12.5. The van der Waals surface area contributed by atoms with Crippen LogP contribution in [-0.2, 0) is 14.3 Å². The number of anilines is 1. The summed E-state index contributed by atoms with van der Waals surface area (Å²) in [7, 11) is 0. The molecule has 0 aliphatic carbocycles. The summed E-state index contributed by atoms with van der Waals surface area (Å²) in [6, 6.07) is 11.5. The fourth-order valence-corrected chi connectivity index (χ4v) is 2.92. The molecular formula is C23H27N3O6. The minimum atomic E-state index is -1.09. The van der Waals surface area contributed by atoms with E-state index in [1.165, 1.54) is 32.0 Å². The van der Waals surface area contributed by atoms with Crippen molar-refractivity contribution in [3.63, 3.8) is 0 Å². The van der Waals surface area contributed by atoms with Crippen LogP contribution in [0.15, 0.2) is 48.5 Å². The van der Waals surface area contributed by atoms with Gasteiger partial charge < -0.3 is 15.4 Å². The van der Waals surface area contributed by atoms with Crippen LogP contribution in [0.25, 0.3) is 0 Å². The molecule has 0 heterocycles. The van der Waals surface area contributed by atoms with Crippen LogP contribution in [0, 0.1) is 10.1 Å². The number of hydrogen-bond donors (Lipinski definition) is 2. The zero-order valence-electron chi connectivity index (χ0n) is 18.5. The quantitative estimate of drug-likeness (QED) is 0.346. The Bertz CT molecular complexity index is 1010. The number of para-hydroxylation sites is 1. The van der Waals surface area contributed by atoms with Crippen molar-refractivity contribution in [2.75, 3.05) is 5.32 Å². The number of carbonyl (C=O) groups is 3. The minimum absolute atomic E-state index is 0.0336. The van der Waals surface area contributed by atoms with Crippen molar-refractivity contribution in [2.24, 2.45) is 0 Å². The highest BCUT2D eigenvalue weighted by molar-refractivity contribution is 5.98. The Balaban J connectivity index is 1.97. The molecule has 0 aromatic heterocycles. The van der Waals surface area contributed by atoms with E-state index >= 15 is 0 Å².